The third-order valence-electron chi connectivity index (χ3n) is 2.23. The second kappa shape index (κ2) is 6.72. The van der Waals surface area contributed by atoms with Gasteiger partial charge in [-0.3, -0.25) is 4.79 Å². The van der Waals surface area contributed by atoms with Gasteiger partial charge in [0.1, 0.15) is 6.54 Å². The molecule has 0 radical (unpaired) electrons. The molecule has 11 heteroatoms. The van der Waals surface area contributed by atoms with E-state index in [1.165, 1.54) is 0 Å². The first-order valence-corrected chi connectivity index (χ1v) is 8.81. The van der Waals surface area contributed by atoms with E-state index >= 15 is 0 Å². The third-order valence-corrected chi connectivity index (χ3v) is 5.16. The second-order valence-corrected chi connectivity index (χ2v) is 7.57. The van der Waals surface area contributed by atoms with E-state index in [2.05, 4.69) is 10.3 Å². The van der Waals surface area contributed by atoms with Crippen LogP contribution in [0.4, 0.5) is 5.69 Å². The van der Waals surface area contributed by atoms with Crippen molar-refractivity contribution in [3.8, 4) is 0 Å². The highest BCUT2D eigenvalue weighted by Crippen LogP contribution is 2.60. The zero-order valence-corrected chi connectivity index (χ0v) is 12.7. The number of carbonyl (C=O) groups excluding carboxylic acids is 1. The summed E-state index contributed by atoms with van der Waals surface area (Å²) in [6.07, 6.45) is 0. The normalized spacial score (nSPS) is 13.1. The molecule has 9 nitrogen and oxygen atoms in total. The molecule has 1 rings (SSSR count). The topological polar surface area (TPSA) is 160 Å². The van der Waals surface area contributed by atoms with Crippen LogP contribution in [0, 0.1) is 6.92 Å². The second-order valence-electron chi connectivity index (χ2n) is 4.14. The van der Waals surface area contributed by atoms with Gasteiger partial charge in [0, 0.05) is 5.69 Å². The molecule has 0 aliphatic rings. The van der Waals surface area contributed by atoms with E-state index in [1.807, 2.05) is 6.92 Å². The molecule has 0 saturated heterocycles. The average Bonchev–Trinajstić information content (AvgIpc) is 2.28. The summed E-state index contributed by atoms with van der Waals surface area (Å²) in [6, 6.07) is 6.71. The molecule has 1 amide bonds. The Morgan fingerprint density at radius 2 is 1.76 bits per heavy atom. The van der Waals surface area contributed by atoms with E-state index in [4.69, 9.17) is 24.5 Å². The van der Waals surface area contributed by atoms with Gasteiger partial charge in [-0.2, -0.15) is 14.7 Å². The van der Waals surface area contributed by atoms with Crippen molar-refractivity contribution in [2.24, 2.45) is 4.99 Å². The fourth-order valence-electron chi connectivity index (χ4n) is 1.34. The highest BCUT2D eigenvalue weighted by atomic mass is 31.3. The quantitative estimate of drug-likeness (QED) is 0.331. The predicted octanol–water partition coefficient (Wildman–Crippen LogP) is 0.207. The molecule has 6 N–H and O–H groups in total. The zero-order valence-electron chi connectivity index (χ0n) is 10.9. The van der Waals surface area contributed by atoms with Crippen molar-refractivity contribution in [2.45, 2.75) is 6.92 Å². The Kier molecular flexibility index (Phi) is 5.72. The van der Waals surface area contributed by atoms with Crippen molar-refractivity contribution in [3.05, 3.63) is 29.8 Å². The van der Waals surface area contributed by atoms with E-state index in [9.17, 15) is 9.36 Å². The molecule has 0 bridgehead atoms. The van der Waals surface area contributed by atoms with Gasteiger partial charge in [0.15, 0.2) is 0 Å². The van der Waals surface area contributed by atoms with E-state index in [-0.39, 0.29) is 0 Å². The van der Waals surface area contributed by atoms with Gasteiger partial charge in [-0.25, -0.2) is 9.56 Å². The summed E-state index contributed by atoms with van der Waals surface area (Å²) in [6.45, 7) is 1.08. The number of hydrogen-bond acceptors (Lipinski definition) is 6. The van der Waals surface area contributed by atoms with Crippen LogP contribution in [0.25, 0.3) is 0 Å². The summed E-state index contributed by atoms with van der Waals surface area (Å²) in [7, 11) is -10.2. The Morgan fingerprint density at radius 3 is 2.19 bits per heavy atom. The Hall–Kier alpha value is -1.18. The summed E-state index contributed by atoms with van der Waals surface area (Å²) in [5, 5.41) is 0.904. The van der Waals surface area contributed by atoms with E-state index in [0.29, 0.717) is 5.69 Å². The first-order valence-electron chi connectivity index (χ1n) is 5.55. The summed E-state index contributed by atoms with van der Waals surface area (Å²) in [4.78, 5) is 59.1. The number of rotatable bonds is 5. The lowest BCUT2D eigenvalue weighted by Gasteiger charge is -2.08. The lowest BCUT2D eigenvalue weighted by molar-refractivity contribution is -0.114. The highest BCUT2D eigenvalue weighted by Gasteiger charge is 2.51. The minimum atomic E-state index is -5.17. The van der Waals surface area contributed by atoms with Crippen molar-refractivity contribution in [1.82, 2.24) is 0 Å². The predicted molar refractivity (Wildman–Crippen MR) is 77.7 cm³/mol. The minimum Gasteiger partial charge on any atom is -0.324 e. The maximum absolute atomic E-state index is 11.6. The van der Waals surface area contributed by atoms with Crippen molar-refractivity contribution < 1.29 is 33.8 Å². The van der Waals surface area contributed by atoms with Crippen LogP contribution in [0.2, 0.25) is 0 Å². The summed E-state index contributed by atoms with van der Waals surface area (Å²) < 4.78 is 11.0. The van der Waals surface area contributed by atoms with Crippen LogP contribution in [-0.2, 0) is 9.36 Å². The maximum atomic E-state index is 11.6. The van der Waals surface area contributed by atoms with Crippen molar-refractivity contribution >= 4 is 32.3 Å². The Balaban J connectivity index is 2.79. The van der Waals surface area contributed by atoms with Crippen LogP contribution in [0.5, 0.6) is 0 Å². The molecule has 0 spiro atoms. The van der Waals surface area contributed by atoms with E-state index < -0.39 is 33.2 Å². The van der Waals surface area contributed by atoms with Crippen LogP contribution >= 0.6 is 15.5 Å². The number of benzene rings is 1. The number of carbonyl (C=O) groups is 1. The number of hydrogen-bond donors (Lipinski definition) is 6. The summed E-state index contributed by atoms with van der Waals surface area (Å²) >= 11 is 0. The van der Waals surface area contributed by atoms with Crippen molar-refractivity contribution in [1.29, 1.82) is 0 Å². The number of nitrogens with zero attached hydrogens (tertiary/aromatic N) is 1. The van der Waals surface area contributed by atoms with Gasteiger partial charge in [-0.05, 0) is 19.1 Å². The monoisotopic (exact) mass is 337 g/mol. The van der Waals surface area contributed by atoms with Crippen LogP contribution in [0.1, 0.15) is 5.56 Å². The molecule has 0 unspecified atom stereocenters. The van der Waals surface area contributed by atoms with Gasteiger partial charge in [0.25, 0.3) is 0 Å². The Labute approximate surface area is 120 Å². The first kappa shape index (κ1) is 17.9. The lowest BCUT2D eigenvalue weighted by atomic mass is 10.2. The summed E-state index contributed by atoms with van der Waals surface area (Å²) in [5.41, 5.74) is 1.42. The van der Waals surface area contributed by atoms with Gasteiger partial charge in [-0.1, -0.05) is 17.7 Å². The molecule has 21 heavy (non-hydrogen) atoms. The van der Waals surface area contributed by atoms with Crippen molar-refractivity contribution in [2.75, 3.05) is 11.9 Å². The first-order chi connectivity index (χ1) is 9.50. The van der Waals surface area contributed by atoms with Gasteiger partial charge in [0.05, 0.1) is 0 Å². The maximum Gasteiger partial charge on any atom is 0.469 e. The average molecular weight is 337 g/mol. The van der Waals surface area contributed by atoms with Crippen LogP contribution in [0.3, 0.4) is 0 Å². The highest BCUT2D eigenvalue weighted by molar-refractivity contribution is 8.00. The standard InChI is InChI=1S/C10H14N2O7P2/c1-7-2-4-8(5-3-7)12-9(13)6-11-10(20(14,15)16)21(17,18)19/h2-5,14-16H,6H2,1H3,(H2-,12,13,17,18,19)/p+1. The van der Waals surface area contributed by atoms with Crippen LogP contribution < -0.4 is 5.32 Å². The fourth-order valence-corrected chi connectivity index (χ4v) is 3.26. The third kappa shape index (κ3) is 5.99. The molecule has 1 aromatic carbocycles. The fraction of sp³-hybridized carbons (Fsp3) is 0.200. The zero-order chi connectivity index (χ0) is 16.3. The Morgan fingerprint density at radius 1 is 1.24 bits per heavy atom. The van der Waals surface area contributed by atoms with E-state index in [1.54, 1.807) is 24.3 Å². The molecule has 0 aromatic heterocycles. The minimum absolute atomic E-state index is 0.441. The molecular weight excluding hydrogens is 322 g/mol. The largest absolute Gasteiger partial charge is 0.469 e. The molecule has 1 aromatic rings. The number of amides is 1. The van der Waals surface area contributed by atoms with Gasteiger partial charge < -0.3 is 15.1 Å². The van der Waals surface area contributed by atoms with Gasteiger partial charge in [-0.15, -0.1) is 0 Å². The molecule has 0 aliphatic heterocycles. The Bertz CT molecular complexity index is 588. The number of anilines is 1. The number of aliphatic imine (C=N–C) groups is 1. The molecule has 0 fully saturated rings. The molecule has 0 heterocycles. The molecule has 0 aliphatic carbocycles. The van der Waals surface area contributed by atoms with E-state index in [0.717, 1.165) is 5.56 Å². The number of aryl methyl sites for hydroxylation is 1. The van der Waals surface area contributed by atoms with Crippen LogP contribution in [0.15, 0.2) is 29.3 Å². The van der Waals surface area contributed by atoms with Gasteiger partial charge in [0.2, 0.25) is 5.91 Å². The molecular formula is C10H15N2O7P2+. The van der Waals surface area contributed by atoms with Gasteiger partial charge >= 0.3 is 20.7 Å². The van der Waals surface area contributed by atoms with Crippen LogP contribution in [-0.4, -0.2) is 42.1 Å². The molecule has 0 atom stereocenters. The van der Waals surface area contributed by atoms with Crippen molar-refractivity contribution in [3.63, 3.8) is 0 Å². The molecule has 0 saturated carbocycles. The number of nitrogens with one attached hydrogen (secondary N) is 1. The lowest BCUT2D eigenvalue weighted by Crippen LogP contribution is -2.17. The molecule has 116 valence electrons. The summed E-state index contributed by atoms with van der Waals surface area (Å²) in [5.74, 6) is -0.738. The smallest absolute Gasteiger partial charge is 0.324 e. The SMILES string of the molecule is Cc1ccc(NC(=O)CN=C(P(=O)(O)O)[P+](O)(O)O)cc1.